The number of nitrogens with zero attached hydrogens (tertiary/aromatic N) is 4. The maximum atomic E-state index is 12.3. The molecule has 110 valence electrons. The van der Waals surface area contributed by atoms with Crippen LogP contribution in [0.5, 0.6) is 0 Å². The minimum Gasteiger partial charge on any atom is -0.267 e. The van der Waals surface area contributed by atoms with Gasteiger partial charge < -0.3 is 0 Å². The summed E-state index contributed by atoms with van der Waals surface area (Å²) in [5, 5.41) is 19.2. The molecule has 0 fully saturated rings. The molecule has 0 aliphatic carbocycles. The van der Waals surface area contributed by atoms with E-state index >= 15 is 0 Å². The normalized spacial score (nSPS) is 10.8. The first kappa shape index (κ1) is 14.2. The number of fused-ring (bicyclic) bond motifs is 1. The van der Waals surface area contributed by atoms with E-state index in [1.54, 1.807) is 24.3 Å². The van der Waals surface area contributed by atoms with E-state index in [-0.39, 0.29) is 22.8 Å². The molecular weight excluding hydrogens is 308 g/mol. The fourth-order valence-electron chi connectivity index (χ4n) is 2.07. The highest BCUT2D eigenvalue weighted by molar-refractivity contribution is 6.31. The molecule has 3 rings (SSSR count). The summed E-state index contributed by atoms with van der Waals surface area (Å²) in [6.45, 7) is 0.0908. The number of halogens is 1. The Bertz CT molecular complexity index is 939. The van der Waals surface area contributed by atoms with Crippen LogP contribution in [-0.2, 0) is 6.54 Å². The van der Waals surface area contributed by atoms with E-state index in [1.165, 1.54) is 22.9 Å². The molecule has 0 N–H and O–H groups in total. The molecule has 0 atom stereocenters. The van der Waals surface area contributed by atoms with E-state index in [2.05, 4.69) is 10.3 Å². The van der Waals surface area contributed by atoms with Crippen LogP contribution in [-0.4, -0.2) is 19.9 Å². The molecule has 1 heterocycles. The largest absolute Gasteiger partial charge is 0.277 e. The van der Waals surface area contributed by atoms with Crippen molar-refractivity contribution >= 4 is 28.2 Å². The van der Waals surface area contributed by atoms with Gasteiger partial charge in [-0.3, -0.25) is 14.9 Å². The molecular formula is C14H9ClN4O3. The summed E-state index contributed by atoms with van der Waals surface area (Å²) in [5.74, 6) is 0. The second kappa shape index (κ2) is 5.53. The maximum absolute atomic E-state index is 12.3. The number of nitro benzene ring substituents is 1. The second-order valence-electron chi connectivity index (χ2n) is 4.60. The van der Waals surface area contributed by atoms with Crippen LogP contribution in [0.25, 0.3) is 10.9 Å². The van der Waals surface area contributed by atoms with Crippen LogP contribution < -0.4 is 5.56 Å². The Hall–Kier alpha value is -2.80. The molecule has 3 aromatic rings. The third kappa shape index (κ3) is 2.53. The molecule has 1 aromatic heterocycles. The Morgan fingerprint density at radius 1 is 1.23 bits per heavy atom. The lowest BCUT2D eigenvalue weighted by atomic mass is 10.2. The summed E-state index contributed by atoms with van der Waals surface area (Å²) >= 11 is 6.03. The van der Waals surface area contributed by atoms with Gasteiger partial charge in [-0.25, -0.2) is 4.68 Å². The van der Waals surface area contributed by atoms with Crippen LogP contribution in [0.1, 0.15) is 5.56 Å². The zero-order valence-electron chi connectivity index (χ0n) is 11.1. The van der Waals surface area contributed by atoms with Crippen LogP contribution >= 0.6 is 11.6 Å². The number of hydrogen-bond donors (Lipinski definition) is 0. The van der Waals surface area contributed by atoms with E-state index in [9.17, 15) is 14.9 Å². The van der Waals surface area contributed by atoms with Crippen LogP contribution in [0, 0.1) is 10.1 Å². The van der Waals surface area contributed by atoms with E-state index < -0.39 is 4.92 Å². The number of rotatable bonds is 3. The lowest BCUT2D eigenvalue weighted by molar-refractivity contribution is -0.384. The Balaban J connectivity index is 2.02. The van der Waals surface area contributed by atoms with Crippen molar-refractivity contribution in [2.75, 3.05) is 0 Å². The highest BCUT2D eigenvalue weighted by Gasteiger charge is 2.12. The van der Waals surface area contributed by atoms with Gasteiger partial charge in [0.1, 0.15) is 5.52 Å². The predicted molar refractivity (Wildman–Crippen MR) is 81.0 cm³/mol. The van der Waals surface area contributed by atoms with Gasteiger partial charge >= 0.3 is 0 Å². The number of non-ortho nitro benzene ring substituents is 1. The minimum atomic E-state index is -0.530. The van der Waals surface area contributed by atoms with E-state index in [0.717, 1.165) is 0 Å². The summed E-state index contributed by atoms with van der Waals surface area (Å²) < 4.78 is 1.18. The van der Waals surface area contributed by atoms with Crippen LogP contribution in [0.4, 0.5) is 5.69 Å². The summed E-state index contributed by atoms with van der Waals surface area (Å²) in [5.41, 5.74) is 0.670. The van der Waals surface area contributed by atoms with Gasteiger partial charge in [0.25, 0.3) is 11.2 Å². The van der Waals surface area contributed by atoms with Gasteiger partial charge in [0, 0.05) is 12.1 Å². The molecule has 22 heavy (non-hydrogen) atoms. The number of aromatic nitrogens is 3. The molecule has 0 unspecified atom stereocenters. The van der Waals surface area contributed by atoms with Gasteiger partial charge in [-0.2, -0.15) is 0 Å². The van der Waals surface area contributed by atoms with Crippen LogP contribution in [0.15, 0.2) is 47.3 Å². The predicted octanol–water partition coefficient (Wildman–Crippen LogP) is 2.40. The Morgan fingerprint density at radius 3 is 2.73 bits per heavy atom. The van der Waals surface area contributed by atoms with E-state index in [0.29, 0.717) is 16.5 Å². The third-order valence-corrected chi connectivity index (χ3v) is 3.55. The van der Waals surface area contributed by atoms with Crippen molar-refractivity contribution in [2.24, 2.45) is 0 Å². The molecule has 0 aliphatic heterocycles. The van der Waals surface area contributed by atoms with Crippen molar-refractivity contribution in [3.05, 3.63) is 73.5 Å². The van der Waals surface area contributed by atoms with E-state index in [4.69, 9.17) is 11.6 Å². The zero-order chi connectivity index (χ0) is 15.7. The average Bonchev–Trinajstić information content (AvgIpc) is 2.52. The number of hydrogen-bond acceptors (Lipinski definition) is 5. The summed E-state index contributed by atoms with van der Waals surface area (Å²) in [6.07, 6.45) is 0. The van der Waals surface area contributed by atoms with Crippen LogP contribution in [0.2, 0.25) is 5.02 Å². The molecule has 8 heteroatoms. The Kier molecular flexibility index (Phi) is 3.56. The van der Waals surface area contributed by atoms with Gasteiger partial charge in [-0.05, 0) is 23.8 Å². The number of benzene rings is 2. The fraction of sp³-hybridized carbons (Fsp3) is 0.0714. The monoisotopic (exact) mass is 316 g/mol. The molecule has 0 spiro atoms. The lowest BCUT2D eigenvalue weighted by Gasteiger charge is -2.06. The van der Waals surface area contributed by atoms with E-state index in [1.807, 2.05) is 0 Å². The maximum Gasteiger partial charge on any atom is 0.277 e. The van der Waals surface area contributed by atoms with Gasteiger partial charge in [0.2, 0.25) is 0 Å². The first-order chi connectivity index (χ1) is 10.6. The summed E-state index contributed by atoms with van der Waals surface area (Å²) in [6, 6.07) is 11.0. The molecule has 0 saturated heterocycles. The molecule has 0 bridgehead atoms. The van der Waals surface area contributed by atoms with Gasteiger partial charge in [0.05, 0.1) is 21.9 Å². The van der Waals surface area contributed by atoms with Crippen LogP contribution in [0.3, 0.4) is 0 Å². The van der Waals surface area contributed by atoms with Crippen molar-refractivity contribution in [1.82, 2.24) is 15.0 Å². The Labute approximate surface area is 128 Å². The highest BCUT2D eigenvalue weighted by atomic mass is 35.5. The van der Waals surface area contributed by atoms with Gasteiger partial charge in [-0.1, -0.05) is 28.9 Å². The third-order valence-electron chi connectivity index (χ3n) is 3.20. The fourth-order valence-corrected chi connectivity index (χ4v) is 2.30. The lowest BCUT2D eigenvalue weighted by Crippen LogP contribution is -2.24. The first-order valence-electron chi connectivity index (χ1n) is 6.31. The molecule has 7 nitrogen and oxygen atoms in total. The minimum absolute atomic E-state index is 0.0908. The molecule has 0 aliphatic rings. The quantitative estimate of drug-likeness (QED) is 0.546. The second-order valence-corrected chi connectivity index (χ2v) is 5.01. The summed E-state index contributed by atoms with van der Waals surface area (Å²) in [4.78, 5) is 22.5. The smallest absolute Gasteiger partial charge is 0.267 e. The SMILES string of the molecule is O=c1c2ccccc2nnn1Cc1ccc([N+](=O)[O-])cc1Cl. The zero-order valence-corrected chi connectivity index (χ0v) is 11.9. The first-order valence-corrected chi connectivity index (χ1v) is 6.69. The van der Waals surface area contributed by atoms with Crippen molar-refractivity contribution in [3.63, 3.8) is 0 Å². The molecule has 2 aromatic carbocycles. The van der Waals surface area contributed by atoms with Gasteiger partial charge in [0.15, 0.2) is 0 Å². The average molecular weight is 317 g/mol. The highest BCUT2D eigenvalue weighted by Crippen LogP contribution is 2.22. The van der Waals surface area contributed by atoms with Crippen molar-refractivity contribution < 1.29 is 4.92 Å². The standard InChI is InChI=1S/C14H9ClN4O3/c15-12-7-10(19(21)22)6-5-9(12)8-18-14(20)11-3-1-2-4-13(11)16-17-18/h1-7H,8H2. The number of nitro groups is 1. The molecule has 0 saturated carbocycles. The Morgan fingerprint density at radius 2 is 2.00 bits per heavy atom. The summed E-state index contributed by atoms with van der Waals surface area (Å²) in [7, 11) is 0. The van der Waals surface area contributed by atoms with Crippen molar-refractivity contribution in [1.29, 1.82) is 0 Å². The van der Waals surface area contributed by atoms with Crippen molar-refractivity contribution in [3.8, 4) is 0 Å². The molecule has 0 radical (unpaired) electrons. The topological polar surface area (TPSA) is 90.9 Å². The van der Waals surface area contributed by atoms with Gasteiger partial charge in [-0.15, -0.1) is 5.10 Å². The van der Waals surface area contributed by atoms with Crippen molar-refractivity contribution in [2.45, 2.75) is 6.54 Å². The molecule has 0 amide bonds.